The van der Waals surface area contributed by atoms with Gasteiger partial charge in [0.15, 0.2) is 0 Å². The lowest BCUT2D eigenvalue weighted by molar-refractivity contribution is -0.119. The fraction of sp³-hybridized carbons (Fsp3) is 0.333. The van der Waals surface area contributed by atoms with Gasteiger partial charge in [-0.3, -0.25) is 4.79 Å². The van der Waals surface area contributed by atoms with E-state index in [1.807, 2.05) is 5.38 Å². The van der Waals surface area contributed by atoms with Gasteiger partial charge in [-0.05, 0) is 34.9 Å². The number of rotatable bonds is 4. The Kier molecular flexibility index (Phi) is 4.56. The molecule has 0 fully saturated rings. The number of anilines is 1. The van der Waals surface area contributed by atoms with Crippen molar-refractivity contribution in [3.8, 4) is 0 Å². The monoisotopic (exact) mass is 337 g/mol. The van der Waals surface area contributed by atoms with Gasteiger partial charge in [0.2, 0.25) is 5.91 Å². The fourth-order valence-corrected chi connectivity index (χ4v) is 4.17. The Labute approximate surface area is 135 Å². The van der Waals surface area contributed by atoms with Crippen LogP contribution in [-0.2, 0) is 20.7 Å². The molecular weight excluding hydrogens is 322 g/mol. The molecule has 0 saturated carbocycles. The zero-order chi connectivity index (χ0) is 15.5. The van der Waals surface area contributed by atoms with Gasteiger partial charge in [-0.2, -0.15) is 0 Å². The topological polar surface area (TPSA) is 64.6 Å². The minimum Gasteiger partial charge on any atom is -0.465 e. The van der Waals surface area contributed by atoms with Crippen molar-refractivity contribution in [3.05, 3.63) is 38.2 Å². The van der Waals surface area contributed by atoms with Crippen LogP contribution < -0.4 is 5.32 Å². The van der Waals surface area contributed by atoms with E-state index in [9.17, 15) is 9.59 Å². The van der Waals surface area contributed by atoms with E-state index in [1.54, 1.807) is 22.8 Å². The Balaban J connectivity index is 1.67. The summed E-state index contributed by atoms with van der Waals surface area (Å²) in [4.78, 5) is 25.4. The molecule has 1 atom stereocenters. The average Bonchev–Trinajstić information content (AvgIpc) is 3.15. The van der Waals surface area contributed by atoms with Gasteiger partial charge < -0.3 is 14.8 Å². The maximum absolute atomic E-state index is 12.2. The molecule has 2 aromatic heterocycles. The second-order valence-corrected chi connectivity index (χ2v) is 6.69. The van der Waals surface area contributed by atoms with Gasteiger partial charge in [0.1, 0.15) is 11.0 Å². The van der Waals surface area contributed by atoms with Crippen molar-refractivity contribution in [2.24, 2.45) is 0 Å². The van der Waals surface area contributed by atoms with Crippen LogP contribution in [0.15, 0.2) is 22.9 Å². The molecule has 1 N–H and O–H groups in total. The molecule has 0 saturated heterocycles. The molecular formula is C15H15NO4S2. The van der Waals surface area contributed by atoms with E-state index in [0.29, 0.717) is 17.2 Å². The number of nitrogens with one attached hydrogen (secondary N) is 1. The van der Waals surface area contributed by atoms with E-state index >= 15 is 0 Å². The van der Waals surface area contributed by atoms with Crippen molar-refractivity contribution in [2.45, 2.75) is 18.9 Å². The molecule has 1 aliphatic heterocycles. The summed E-state index contributed by atoms with van der Waals surface area (Å²) in [5, 5.41) is 6.54. The second kappa shape index (κ2) is 6.60. The Morgan fingerprint density at radius 2 is 2.18 bits per heavy atom. The molecule has 0 radical (unpaired) electrons. The number of fused-ring (bicyclic) bond motifs is 1. The highest BCUT2D eigenvalue weighted by atomic mass is 32.1. The summed E-state index contributed by atoms with van der Waals surface area (Å²) >= 11 is 2.86. The van der Waals surface area contributed by atoms with Crippen LogP contribution in [0.5, 0.6) is 0 Å². The van der Waals surface area contributed by atoms with E-state index in [2.05, 4.69) is 11.4 Å². The number of methoxy groups -OCH3 is 1. The molecule has 3 rings (SSSR count). The molecule has 3 heterocycles. The quantitative estimate of drug-likeness (QED) is 0.870. The van der Waals surface area contributed by atoms with Gasteiger partial charge in [-0.15, -0.1) is 22.7 Å². The van der Waals surface area contributed by atoms with Crippen LogP contribution in [-0.4, -0.2) is 25.6 Å². The number of amides is 1. The van der Waals surface area contributed by atoms with Crippen LogP contribution in [0.2, 0.25) is 0 Å². The highest BCUT2D eigenvalue weighted by molar-refractivity contribution is 7.12. The highest BCUT2D eigenvalue weighted by Gasteiger charge is 2.25. The Bertz CT molecular complexity index is 691. The van der Waals surface area contributed by atoms with Crippen LogP contribution in [0.4, 0.5) is 5.69 Å². The van der Waals surface area contributed by atoms with Crippen molar-refractivity contribution in [3.63, 3.8) is 0 Å². The molecule has 116 valence electrons. The normalized spacial score (nSPS) is 16.9. The van der Waals surface area contributed by atoms with Crippen LogP contribution in [0, 0.1) is 0 Å². The van der Waals surface area contributed by atoms with Gasteiger partial charge in [-0.25, -0.2) is 4.79 Å². The summed E-state index contributed by atoms with van der Waals surface area (Å²) in [6, 6.07) is 3.79. The summed E-state index contributed by atoms with van der Waals surface area (Å²) in [6.07, 6.45) is 0.932. The SMILES string of the molecule is COC(=O)c1sccc1NC(=O)C[C@@H]1OCCc2ccsc21. The van der Waals surface area contributed by atoms with Gasteiger partial charge >= 0.3 is 5.97 Å². The molecule has 1 amide bonds. The largest absolute Gasteiger partial charge is 0.465 e. The number of thiophene rings is 2. The van der Waals surface area contributed by atoms with Crippen LogP contribution in [0.25, 0.3) is 0 Å². The van der Waals surface area contributed by atoms with Gasteiger partial charge in [-0.1, -0.05) is 0 Å². The van der Waals surface area contributed by atoms with E-state index in [-0.39, 0.29) is 18.4 Å². The van der Waals surface area contributed by atoms with Crippen molar-refractivity contribution in [2.75, 3.05) is 19.0 Å². The number of esters is 1. The molecule has 22 heavy (non-hydrogen) atoms. The average molecular weight is 337 g/mol. The third-order valence-electron chi connectivity index (χ3n) is 3.44. The molecule has 0 bridgehead atoms. The number of carbonyl (C=O) groups is 2. The second-order valence-electron chi connectivity index (χ2n) is 4.83. The molecule has 0 unspecified atom stereocenters. The zero-order valence-electron chi connectivity index (χ0n) is 12.0. The third kappa shape index (κ3) is 3.06. The maximum Gasteiger partial charge on any atom is 0.350 e. The van der Waals surface area contributed by atoms with Crippen molar-refractivity contribution >= 4 is 40.2 Å². The molecule has 5 nitrogen and oxygen atoms in total. The number of ether oxygens (including phenoxy) is 2. The Morgan fingerprint density at radius 1 is 1.36 bits per heavy atom. The highest BCUT2D eigenvalue weighted by Crippen LogP contribution is 2.34. The number of hydrogen-bond acceptors (Lipinski definition) is 6. The Hall–Kier alpha value is -1.70. The molecule has 0 spiro atoms. The first-order chi connectivity index (χ1) is 10.7. The van der Waals surface area contributed by atoms with Gasteiger partial charge in [0, 0.05) is 4.88 Å². The third-order valence-corrected chi connectivity index (χ3v) is 5.39. The molecule has 0 aromatic carbocycles. The molecule has 1 aliphatic rings. The summed E-state index contributed by atoms with van der Waals surface area (Å²) in [6.45, 7) is 0.632. The number of hydrogen-bond donors (Lipinski definition) is 1. The predicted molar refractivity (Wildman–Crippen MR) is 85.6 cm³/mol. The van der Waals surface area contributed by atoms with E-state index in [0.717, 1.165) is 11.3 Å². The number of carbonyl (C=O) groups excluding carboxylic acids is 2. The summed E-state index contributed by atoms with van der Waals surface area (Å²) < 4.78 is 10.4. The predicted octanol–water partition coefficient (Wildman–Crippen LogP) is 3.24. The van der Waals surface area contributed by atoms with Crippen molar-refractivity contribution < 1.29 is 19.1 Å². The Morgan fingerprint density at radius 3 is 3.00 bits per heavy atom. The molecule has 7 heteroatoms. The first-order valence-corrected chi connectivity index (χ1v) is 8.58. The van der Waals surface area contributed by atoms with Crippen LogP contribution in [0.1, 0.15) is 32.6 Å². The zero-order valence-corrected chi connectivity index (χ0v) is 13.6. The minimum absolute atomic E-state index is 0.171. The first-order valence-electron chi connectivity index (χ1n) is 6.82. The van der Waals surface area contributed by atoms with E-state index in [4.69, 9.17) is 9.47 Å². The van der Waals surface area contributed by atoms with Crippen molar-refractivity contribution in [1.29, 1.82) is 0 Å². The maximum atomic E-state index is 12.2. The van der Waals surface area contributed by atoms with E-state index in [1.165, 1.54) is 24.0 Å². The lowest BCUT2D eigenvalue weighted by Crippen LogP contribution is -2.21. The summed E-state index contributed by atoms with van der Waals surface area (Å²) in [5.74, 6) is -0.616. The fourth-order valence-electron chi connectivity index (χ4n) is 2.40. The standard InChI is InChI=1S/C15H15NO4S2/c1-19-15(18)14-10(4-7-22-14)16-12(17)8-11-13-9(2-5-20-11)3-6-21-13/h3-4,6-7,11H,2,5,8H2,1H3,(H,16,17)/t11-/m0/s1. The van der Waals surface area contributed by atoms with Gasteiger partial charge in [0.05, 0.1) is 25.8 Å². The lowest BCUT2D eigenvalue weighted by Gasteiger charge is -2.22. The van der Waals surface area contributed by atoms with E-state index < -0.39 is 5.97 Å². The molecule has 0 aliphatic carbocycles. The lowest BCUT2D eigenvalue weighted by atomic mass is 10.1. The van der Waals surface area contributed by atoms with Gasteiger partial charge in [0.25, 0.3) is 0 Å². The first kappa shape index (κ1) is 15.2. The van der Waals surface area contributed by atoms with Crippen molar-refractivity contribution in [1.82, 2.24) is 0 Å². The smallest absolute Gasteiger partial charge is 0.350 e. The van der Waals surface area contributed by atoms with Crippen LogP contribution in [0.3, 0.4) is 0 Å². The minimum atomic E-state index is -0.445. The van der Waals surface area contributed by atoms with Crippen LogP contribution >= 0.6 is 22.7 Å². The molecule has 2 aromatic rings. The summed E-state index contributed by atoms with van der Waals surface area (Å²) in [5.41, 5.74) is 1.75. The summed E-state index contributed by atoms with van der Waals surface area (Å²) in [7, 11) is 1.32.